The Hall–Kier alpha value is -2.28. The van der Waals surface area contributed by atoms with E-state index in [2.05, 4.69) is 15.9 Å². The molecular weight excluding hydrogens is 412 g/mol. The number of primary amides is 1. The van der Waals surface area contributed by atoms with Gasteiger partial charge in [-0.1, -0.05) is 15.9 Å². The van der Waals surface area contributed by atoms with E-state index < -0.39 is 0 Å². The molecule has 1 atom stereocenters. The summed E-state index contributed by atoms with van der Waals surface area (Å²) in [6.07, 6.45) is 3.03. The molecule has 1 unspecified atom stereocenters. The first kappa shape index (κ1) is 19.5. The van der Waals surface area contributed by atoms with Crippen molar-refractivity contribution in [2.45, 2.75) is 32.3 Å². The van der Waals surface area contributed by atoms with Crippen LogP contribution in [0.5, 0.6) is 5.75 Å². The SMILES string of the molecule is NC(=O)CCC1CCCN(C(=O)c2ccc(COc3ccc(Br)cc3)o2)C1. The van der Waals surface area contributed by atoms with Crippen LogP contribution in [0, 0.1) is 5.92 Å². The topological polar surface area (TPSA) is 85.8 Å². The number of nitrogens with two attached hydrogens (primary N) is 1. The minimum Gasteiger partial charge on any atom is -0.486 e. The van der Waals surface area contributed by atoms with E-state index >= 15 is 0 Å². The van der Waals surface area contributed by atoms with Crippen molar-refractivity contribution in [1.29, 1.82) is 0 Å². The molecule has 2 N–H and O–H groups in total. The zero-order valence-corrected chi connectivity index (χ0v) is 16.6. The summed E-state index contributed by atoms with van der Waals surface area (Å²) in [6.45, 7) is 1.60. The zero-order valence-electron chi connectivity index (χ0n) is 15.0. The van der Waals surface area contributed by atoms with Gasteiger partial charge >= 0.3 is 0 Å². The maximum absolute atomic E-state index is 12.7. The number of hydrogen-bond acceptors (Lipinski definition) is 4. The third-order valence-corrected chi connectivity index (χ3v) is 5.20. The minimum atomic E-state index is -0.292. The van der Waals surface area contributed by atoms with Crippen LogP contribution in [0.15, 0.2) is 45.3 Å². The first-order chi connectivity index (χ1) is 13.0. The number of hydrogen-bond donors (Lipinski definition) is 1. The van der Waals surface area contributed by atoms with Gasteiger partial charge in [0.05, 0.1) is 0 Å². The molecule has 0 spiro atoms. The van der Waals surface area contributed by atoms with Crippen molar-refractivity contribution in [2.24, 2.45) is 11.7 Å². The lowest BCUT2D eigenvalue weighted by Gasteiger charge is -2.32. The van der Waals surface area contributed by atoms with Crippen LogP contribution >= 0.6 is 15.9 Å². The molecule has 1 aliphatic rings. The number of ether oxygens (including phenoxy) is 1. The number of likely N-dealkylation sites (tertiary alicyclic amines) is 1. The summed E-state index contributed by atoms with van der Waals surface area (Å²) >= 11 is 3.38. The molecule has 144 valence electrons. The van der Waals surface area contributed by atoms with Crippen molar-refractivity contribution in [3.8, 4) is 5.75 Å². The molecule has 2 amide bonds. The first-order valence-corrected chi connectivity index (χ1v) is 9.85. The number of amides is 2. The van der Waals surface area contributed by atoms with E-state index in [0.717, 1.165) is 29.5 Å². The van der Waals surface area contributed by atoms with Crippen LogP contribution in [0.4, 0.5) is 0 Å². The highest BCUT2D eigenvalue weighted by atomic mass is 79.9. The summed E-state index contributed by atoms with van der Waals surface area (Å²) in [5.74, 6) is 1.55. The first-order valence-electron chi connectivity index (χ1n) is 9.06. The Bertz CT molecular complexity index is 788. The molecule has 2 heterocycles. The summed E-state index contributed by atoms with van der Waals surface area (Å²) in [6, 6.07) is 11.0. The molecule has 7 heteroatoms. The molecule has 1 saturated heterocycles. The number of carbonyl (C=O) groups is 2. The van der Waals surface area contributed by atoms with E-state index in [0.29, 0.717) is 36.9 Å². The Morgan fingerprint density at radius 2 is 2.00 bits per heavy atom. The maximum Gasteiger partial charge on any atom is 0.289 e. The number of furan rings is 1. The highest BCUT2D eigenvalue weighted by molar-refractivity contribution is 9.10. The Balaban J connectivity index is 1.54. The molecular formula is C20H23BrN2O4. The van der Waals surface area contributed by atoms with Gasteiger partial charge in [-0.05, 0) is 61.6 Å². The van der Waals surface area contributed by atoms with E-state index in [-0.39, 0.29) is 18.4 Å². The molecule has 1 aliphatic heterocycles. The highest BCUT2D eigenvalue weighted by Crippen LogP contribution is 2.23. The van der Waals surface area contributed by atoms with E-state index in [4.69, 9.17) is 14.9 Å². The lowest BCUT2D eigenvalue weighted by molar-refractivity contribution is -0.118. The van der Waals surface area contributed by atoms with Gasteiger partial charge in [-0.2, -0.15) is 0 Å². The molecule has 2 aromatic rings. The Morgan fingerprint density at radius 1 is 1.22 bits per heavy atom. The van der Waals surface area contributed by atoms with Gasteiger partial charge < -0.3 is 19.8 Å². The predicted octanol–water partition coefficient (Wildman–Crippen LogP) is 3.74. The van der Waals surface area contributed by atoms with Crippen LogP contribution < -0.4 is 10.5 Å². The second kappa shape index (κ2) is 9.08. The van der Waals surface area contributed by atoms with Crippen molar-refractivity contribution >= 4 is 27.7 Å². The lowest BCUT2D eigenvalue weighted by atomic mass is 9.93. The predicted molar refractivity (Wildman–Crippen MR) is 104 cm³/mol. The fraction of sp³-hybridized carbons (Fsp3) is 0.400. The van der Waals surface area contributed by atoms with E-state index in [1.54, 1.807) is 17.0 Å². The average molecular weight is 435 g/mol. The van der Waals surface area contributed by atoms with Crippen molar-refractivity contribution in [3.63, 3.8) is 0 Å². The minimum absolute atomic E-state index is 0.117. The number of carbonyl (C=O) groups excluding carboxylic acids is 2. The average Bonchev–Trinajstić information content (AvgIpc) is 3.14. The molecule has 0 radical (unpaired) electrons. The Morgan fingerprint density at radius 3 is 2.74 bits per heavy atom. The third kappa shape index (κ3) is 5.60. The third-order valence-electron chi connectivity index (χ3n) is 4.67. The van der Waals surface area contributed by atoms with Gasteiger partial charge in [-0.15, -0.1) is 0 Å². The van der Waals surface area contributed by atoms with Gasteiger partial charge in [0.15, 0.2) is 5.76 Å². The fourth-order valence-corrected chi connectivity index (χ4v) is 3.51. The summed E-state index contributed by atoms with van der Waals surface area (Å²) in [5, 5.41) is 0. The van der Waals surface area contributed by atoms with Crippen molar-refractivity contribution < 1.29 is 18.7 Å². The quantitative estimate of drug-likeness (QED) is 0.718. The van der Waals surface area contributed by atoms with Gasteiger partial charge in [-0.3, -0.25) is 9.59 Å². The standard InChI is InChI=1S/C20H23BrN2O4/c21-15-4-6-16(7-5-15)26-13-17-8-9-18(27-17)20(25)23-11-1-2-14(12-23)3-10-19(22)24/h4-9,14H,1-3,10-13H2,(H2,22,24). The normalized spacial score (nSPS) is 16.9. The molecule has 27 heavy (non-hydrogen) atoms. The molecule has 6 nitrogen and oxygen atoms in total. The Kier molecular flexibility index (Phi) is 6.55. The van der Waals surface area contributed by atoms with Crippen LogP contribution in [0.1, 0.15) is 42.0 Å². The molecule has 1 aromatic heterocycles. The maximum atomic E-state index is 12.7. The van der Waals surface area contributed by atoms with Gasteiger partial charge in [0.25, 0.3) is 5.91 Å². The number of halogens is 1. The summed E-state index contributed by atoms with van der Waals surface area (Å²) in [5.41, 5.74) is 5.23. The number of piperidine rings is 1. The monoisotopic (exact) mass is 434 g/mol. The van der Waals surface area contributed by atoms with Gasteiger partial charge in [-0.25, -0.2) is 0 Å². The zero-order chi connectivity index (χ0) is 19.2. The highest BCUT2D eigenvalue weighted by Gasteiger charge is 2.26. The van der Waals surface area contributed by atoms with Gasteiger partial charge in [0.2, 0.25) is 5.91 Å². The number of benzene rings is 1. The van der Waals surface area contributed by atoms with Gasteiger partial charge in [0.1, 0.15) is 18.1 Å². The van der Waals surface area contributed by atoms with E-state index in [1.807, 2.05) is 24.3 Å². The second-order valence-electron chi connectivity index (χ2n) is 6.77. The van der Waals surface area contributed by atoms with E-state index in [9.17, 15) is 9.59 Å². The molecule has 0 bridgehead atoms. The Labute approximate surface area is 166 Å². The molecule has 1 aromatic carbocycles. The van der Waals surface area contributed by atoms with Crippen LogP contribution in [-0.4, -0.2) is 29.8 Å². The largest absolute Gasteiger partial charge is 0.486 e. The molecule has 1 fully saturated rings. The number of rotatable bonds is 7. The summed E-state index contributed by atoms with van der Waals surface area (Å²) in [4.78, 5) is 25.5. The van der Waals surface area contributed by atoms with Crippen LogP contribution in [0.25, 0.3) is 0 Å². The van der Waals surface area contributed by atoms with Crippen LogP contribution in [0.3, 0.4) is 0 Å². The van der Waals surface area contributed by atoms with Crippen LogP contribution in [0.2, 0.25) is 0 Å². The van der Waals surface area contributed by atoms with Crippen molar-refractivity contribution in [2.75, 3.05) is 13.1 Å². The molecule has 0 saturated carbocycles. The molecule has 0 aliphatic carbocycles. The lowest BCUT2D eigenvalue weighted by Crippen LogP contribution is -2.40. The number of nitrogens with zero attached hydrogens (tertiary/aromatic N) is 1. The second-order valence-corrected chi connectivity index (χ2v) is 7.69. The van der Waals surface area contributed by atoms with Crippen molar-refractivity contribution in [1.82, 2.24) is 4.90 Å². The van der Waals surface area contributed by atoms with Crippen LogP contribution in [-0.2, 0) is 11.4 Å². The van der Waals surface area contributed by atoms with Crippen molar-refractivity contribution in [3.05, 3.63) is 52.4 Å². The fourth-order valence-electron chi connectivity index (χ4n) is 3.24. The summed E-state index contributed by atoms with van der Waals surface area (Å²) in [7, 11) is 0. The van der Waals surface area contributed by atoms with Gasteiger partial charge in [0, 0.05) is 24.0 Å². The smallest absolute Gasteiger partial charge is 0.289 e. The summed E-state index contributed by atoms with van der Waals surface area (Å²) < 4.78 is 12.3. The molecule has 3 rings (SSSR count). The van der Waals surface area contributed by atoms with E-state index in [1.165, 1.54) is 0 Å².